The number of rotatable bonds is 4. The molecule has 1 N–H and O–H groups in total. The molecule has 31 heavy (non-hydrogen) atoms. The molecule has 0 saturated carbocycles. The number of hydrogen-bond donors (Lipinski definition) is 1. The summed E-state index contributed by atoms with van der Waals surface area (Å²) in [4.78, 5) is 19.7. The Labute approximate surface area is 178 Å². The number of hydrogen-bond acceptors (Lipinski definition) is 5. The molecule has 0 unspecified atom stereocenters. The van der Waals surface area contributed by atoms with Gasteiger partial charge in [0.1, 0.15) is 6.61 Å². The summed E-state index contributed by atoms with van der Waals surface area (Å²) in [5, 5.41) is 3.65. The van der Waals surface area contributed by atoms with Gasteiger partial charge in [0.15, 0.2) is 17.0 Å². The van der Waals surface area contributed by atoms with Crippen LogP contribution in [-0.4, -0.2) is 35.3 Å². The van der Waals surface area contributed by atoms with Crippen molar-refractivity contribution in [3.8, 4) is 5.75 Å². The maximum absolute atomic E-state index is 14.1. The molecule has 0 bridgehead atoms. The van der Waals surface area contributed by atoms with E-state index in [1.165, 1.54) is 0 Å². The molecule has 8 heteroatoms. The van der Waals surface area contributed by atoms with E-state index in [0.717, 1.165) is 43.4 Å². The van der Waals surface area contributed by atoms with Gasteiger partial charge in [0.05, 0.1) is 29.3 Å². The van der Waals surface area contributed by atoms with Gasteiger partial charge in [-0.25, -0.2) is 4.39 Å². The van der Waals surface area contributed by atoms with Gasteiger partial charge in [0.25, 0.3) is 0 Å². The number of aromatic nitrogens is 2. The zero-order chi connectivity index (χ0) is 21.5. The third kappa shape index (κ3) is 3.65. The lowest BCUT2D eigenvalue weighted by atomic mass is 10.0. The first-order valence-corrected chi connectivity index (χ1v) is 10.6. The summed E-state index contributed by atoms with van der Waals surface area (Å²) < 4.78 is 35.3. The van der Waals surface area contributed by atoms with Gasteiger partial charge in [-0.2, -0.15) is 4.39 Å². The highest BCUT2D eigenvalue weighted by Gasteiger charge is 2.25. The first-order chi connectivity index (χ1) is 15.0. The topological polar surface area (TPSA) is 59.4 Å². The second-order valence-electron chi connectivity index (χ2n) is 8.25. The lowest BCUT2D eigenvalue weighted by Crippen LogP contribution is -2.46. The highest BCUT2D eigenvalue weighted by molar-refractivity contribution is 5.86. The number of halogens is 2. The van der Waals surface area contributed by atoms with E-state index in [2.05, 4.69) is 21.3 Å². The molecule has 1 fully saturated rings. The number of ether oxygens (including phenoxy) is 1. The Bertz CT molecular complexity index is 1190. The molecular weight excluding hydrogens is 402 g/mol. The van der Waals surface area contributed by atoms with Crippen molar-refractivity contribution in [2.75, 3.05) is 24.6 Å². The molecule has 0 radical (unpaired) electrons. The summed E-state index contributed by atoms with van der Waals surface area (Å²) in [5.74, 6) is -2.28. The van der Waals surface area contributed by atoms with Crippen molar-refractivity contribution < 1.29 is 13.5 Å². The highest BCUT2D eigenvalue weighted by atomic mass is 19.2. The van der Waals surface area contributed by atoms with Crippen LogP contribution in [0.2, 0.25) is 0 Å². The van der Waals surface area contributed by atoms with Gasteiger partial charge >= 0.3 is 0 Å². The summed E-state index contributed by atoms with van der Waals surface area (Å²) >= 11 is 0. The molecule has 0 spiro atoms. The molecule has 162 valence electrons. The second kappa shape index (κ2) is 7.92. The highest BCUT2D eigenvalue weighted by Crippen LogP contribution is 2.32. The molecule has 1 aromatic carbocycles. The van der Waals surface area contributed by atoms with Crippen LogP contribution in [0.1, 0.15) is 24.1 Å². The molecule has 2 aromatic heterocycles. The predicted octanol–water partition coefficient (Wildman–Crippen LogP) is 3.13. The fourth-order valence-electron chi connectivity index (χ4n) is 4.50. The number of pyridine rings is 2. The Morgan fingerprint density at radius 1 is 1.29 bits per heavy atom. The van der Waals surface area contributed by atoms with Crippen LogP contribution in [0.5, 0.6) is 5.75 Å². The monoisotopic (exact) mass is 426 g/mol. The lowest BCUT2D eigenvalue weighted by molar-refractivity contribution is 0.267. The van der Waals surface area contributed by atoms with Crippen LogP contribution >= 0.6 is 0 Å². The molecule has 1 atom stereocenters. The number of nitrogens with zero attached hydrogens (tertiary/aromatic N) is 3. The largest absolute Gasteiger partial charge is 0.486 e. The molecule has 2 aliphatic heterocycles. The third-order valence-corrected chi connectivity index (χ3v) is 6.13. The van der Waals surface area contributed by atoms with Gasteiger partial charge < -0.3 is 19.5 Å². The van der Waals surface area contributed by atoms with Gasteiger partial charge in [-0.15, -0.1) is 0 Å². The number of nitrogens with one attached hydrogen (secondary N) is 1. The molecule has 0 aliphatic carbocycles. The van der Waals surface area contributed by atoms with Crippen LogP contribution < -0.4 is 20.4 Å². The molecular formula is C23H24F2N4O2. The summed E-state index contributed by atoms with van der Waals surface area (Å²) in [6.07, 6.45) is 5.69. The third-order valence-electron chi connectivity index (χ3n) is 6.13. The average molecular weight is 426 g/mol. The van der Waals surface area contributed by atoms with Crippen LogP contribution in [0.15, 0.2) is 35.4 Å². The quantitative estimate of drug-likeness (QED) is 0.695. The van der Waals surface area contributed by atoms with Crippen LogP contribution in [0, 0.1) is 18.6 Å². The van der Waals surface area contributed by atoms with E-state index >= 15 is 0 Å². The average Bonchev–Trinajstić information content (AvgIpc) is 2.79. The standard InChI is InChI=1S/C23H24F2N4O2/c1-14-4-5-17(11-26-14)28-6-2-3-16(13-28)27-10-15-12-29-7-8-31-23-20(25)19(24)9-18(21(23)29)22(15)30/h4-5,9,11-12,16,27H,2-3,6-8,10,13H2,1H3/t16-/m0/s1. The molecule has 3 aromatic rings. The van der Waals surface area contributed by atoms with Crippen molar-refractivity contribution in [2.24, 2.45) is 0 Å². The molecule has 1 saturated heterocycles. The van der Waals surface area contributed by atoms with Crippen LogP contribution in [0.4, 0.5) is 14.5 Å². The Morgan fingerprint density at radius 2 is 2.16 bits per heavy atom. The molecule has 6 nitrogen and oxygen atoms in total. The van der Waals surface area contributed by atoms with Crippen LogP contribution in [-0.2, 0) is 13.1 Å². The van der Waals surface area contributed by atoms with E-state index in [1.54, 1.807) is 10.8 Å². The Balaban J connectivity index is 1.37. The first kappa shape index (κ1) is 19.9. The summed E-state index contributed by atoms with van der Waals surface area (Å²) in [6.45, 7) is 4.85. The Morgan fingerprint density at radius 3 is 2.97 bits per heavy atom. The van der Waals surface area contributed by atoms with E-state index < -0.39 is 11.6 Å². The Hall–Kier alpha value is -3.00. The van der Waals surface area contributed by atoms with Crippen molar-refractivity contribution in [2.45, 2.75) is 38.9 Å². The fraction of sp³-hybridized carbons (Fsp3) is 0.391. The van der Waals surface area contributed by atoms with Gasteiger partial charge in [-0.1, -0.05) is 0 Å². The lowest BCUT2D eigenvalue weighted by Gasteiger charge is -2.34. The van der Waals surface area contributed by atoms with Crippen molar-refractivity contribution in [3.63, 3.8) is 0 Å². The summed E-state index contributed by atoms with van der Waals surface area (Å²) in [7, 11) is 0. The van der Waals surface area contributed by atoms with E-state index in [1.807, 2.05) is 19.2 Å². The van der Waals surface area contributed by atoms with Gasteiger partial charge in [0.2, 0.25) is 5.82 Å². The van der Waals surface area contributed by atoms with Crippen molar-refractivity contribution in [1.82, 2.24) is 14.9 Å². The smallest absolute Gasteiger partial charge is 0.202 e. The summed E-state index contributed by atoms with van der Waals surface area (Å²) in [6, 6.07) is 5.29. The number of benzene rings is 1. The SMILES string of the molecule is Cc1ccc(N2CCC[C@H](NCc3cn4c5c(c(F)c(F)cc5c3=O)OCC4)C2)cn1. The molecule has 4 heterocycles. The van der Waals surface area contributed by atoms with E-state index in [9.17, 15) is 13.6 Å². The van der Waals surface area contributed by atoms with Crippen LogP contribution in [0.3, 0.4) is 0 Å². The maximum Gasteiger partial charge on any atom is 0.202 e. The summed E-state index contributed by atoms with van der Waals surface area (Å²) in [5.41, 5.74) is 2.66. The first-order valence-electron chi connectivity index (χ1n) is 10.6. The number of piperidine rings is 1. The van der Waals surface area contributed by atoms with E-state index in [0.29, 0.717) is 24.2 Å². The van der Waals surface area contributed by atoms with Gasteiger partial charge in [-0.3, -0.25) is 9.78 Å². The van der Waals surface area contributed by atoms with E-state index in [-0.39, 0.29) is 29.2 Å². The van der Waals surface area contributed by atoms with Crippen molar-refractivity contribution in [1.29, 1.82) is 0 Å². The normalized spacial score (nSPS) is 18.3. The fourth-order valence-corrected chi connectivity index (χ4v) is 4.50. The molecule has 0 amide bonds. The van der Waals surface area contributed by atoms with E-state index in [4.69, 9.17) is 4.74 Å². The molecule has 5 rings (SSSR count). The van der Waals surface area contributed by atoms with Gasteiger partial charge in [-0.05, 0) is 38.0 Å². The zero-order valence-electron chi connectivity index (χ0n) is 17.3. The Kier molecular flexibility index (Phi) is 5.09. The van der Waals surface area contributed by atoms with Crippen molar-refractivity contribution >= 4 is 16.6 Å². The van der Waals surface area contributed by atoms with Gasteiger partial charge in [0, 0.05) is 43.1 Å². The maximum atomic E-state index is 14.1. The number of anilines is 1. The number of aryl methyl sites for hydroxylation is 1. The zero-order valence-corrected chi connectivity index (χ0v) is 17.3. The van der Waals surface area contributed by atoms with Crippen LogP contribution in [0.25, 0.3) is 10.9 Å². The van der Waals surface area contributed by atoms with Crippen molar-refractivity contribution in [3.05, 3.63) is 63.7 Å². The molecule has 2 aliphatic rings. The predicted molar refractivity (Wildman–Crippen MR) is 115 cm³/mol. The minimum absolute atomic E-state index is 0.156. The minimum atomic E-state index is -1.06. The minimum Gasteiger partial charge on any atom is -0.486 e. The second-order valence-corrected chi connectivity index (χ2v) is 8.25.